The summed E-state index contributed by atoms with van der Waals surface area (Å²) in [6, 6.07) is 8.35. The molecule has 0 atom stereocenters. The Kier molecular flexibility index (Phi) is 6.38. The Morgan fingerprint density at radius 1 is 1.12 bits per heavy atom. The Bertz CT molecular complexity index is 1000. The van der Waals surface area contributed by atoms with Gasteiger partial charge in [-0.05, 0) is 55.7 Å². The number of rotatable bonds is 8. The minimum atomic E-state index is -0.0953. The van der Waals surface area contributed by atoms with Crippen molar-refractivity contribution in [1.29, 1.82) is 0 Å². The Balaban J connectivity index is 1.32. The minimum Gasteiger partial charge on any atom is -0.497 e. The fourth-order valence-corrected chi connectivity index (χ4v) is 5.17. The maximum Gasteiger partial charge on any atom is 0.272 e. The molecule has 3 aliphatic rings. The summed E-state index contributed by atoms with van der Waals surface area (Å²) < 4.78 is 7.25. The SMILES string of the molecule is COc1ccc(CCn2nc(C(=O)NC3CC3)c3c2CCN(C(=O)CC2CCCC2)C3)cc1. The highest BCUT2D eigenvalue weighted by Gasteiger charge is 2.33. The number of methoxy groups -OCH3 is 1. The highest BCUT2D eigenvalue weighted by atomic mass is 16.5. The van der Waals surface area contributed by atoms with E-state index in [1.54, 1.807) is 7.11 Å². The van der Waals surface area contributed by atoms with Crippen LogP contribution < -0.4 is 10.1 Å². The van der Waals surface area contributed by atoms with Crippen molar-refractivity contribution in [2.75, 3.05) is 13.7 Å². The van der Waals surface area contributed by atoms with Gasteiger partial charge in [-0.3, -0.25) is 14.3 Å². The molecule has 33 heavy (non-hydrogen) atoms. The number of nitrogens with zero attached hydrogens (tertiary/aromatic N) is 3. The third-order valence-electron chi connectivity index (χ3n) is 7.32. The van der Waals surface area contributed by atoms with Crippen LogP contribution in [0.4, 0.5) is 0 Å². The average Bonchev–Trinajstić information content (AvgIpc) is 3.36. The second-order valence-electron chi connectivity index (χ2n) is 9.76. The first kappa shape index (κ1) is 22.0. The molecule has 1 aliphatic heterocycles. The quantitative estimate of drug-likeness (QED) is 0.668. The van der Waals surface area contributed by atoms with Crippen molar-refractivity contribution in [2.45, 2.75) is 76.9 Å². The second kappa shape index (κ2) is 9.57. The van der Waals surface area contributed by atoms with Gasteiger partial charge in [0.25, 0.3) is 5.91 Å². The number of fused-ring (bicyclic) bond motifs is 1. The van der Waals surface area contributed by atoms with Crippen LogP contribution in [0, 0.1) is 5.92 Å². The lowest BCUT2D eigenvalue weighted by molar-refractivity contribution is -0.133. The van der Waals surface area contributed by atoms with E-state index < -0.39 is 0 Å². The molecule has 2 amide bonds. The van der Waals surface area contributed by atoms with Gasteiger partial charge in [0.05, 0.1) is 7.11 Å². The number of hydrogen-bond acceptors (Lipinski definition) is 4. The van der Waals surface area contributed by atoms with Crippen LogP contribution in [-0.4, -0.2) is 46.2 Å². The van der Waals surface area contributed by atoms with Crippen molar-refractivity contribution in [3.8, 4) is 5.75 Å². The standard InChI is InChI=1S/C26H34N4O3/c1-33-21-10-6-18(7-11-21)12-15-30-23-13-14-29(24(31)16-19-4-2-3-5-19)17-22(23)25(28-30)26(32)27-20-8-9-20/h6-7,10-11,19-20H,2-5,8-9,12-17H2,1H3,(H,27,32). The van der Waals surface area contributed by atoms with Crippen LogP contribution in [0.15, 0.2) is 24.3 Å². The summed E-state index contributed by atoms with van der Waals surface area (Å²) in [6.07, 6.45) is 9.13. The molecule has 2 saturated carbocycles. The second-order valence-corrected chi connectivity index (χ2v) is 9.76. The summed E-state index contributed by atoms with van der Waals surface area (Å²) in [5.74, 6) is 1.51. The van der Waals surface area contributed by atoms with Crippen LogP contribution in [0.3, 0.4) is 0 Å². The van der Waals surface area contributed by atoms with E-state index in [0.29, 0.717) is 37.7 Å². The predicted molar refractivity (Wildman–Crippen MR) is 125 cm³/mol. The van der Waals surface area contributed by atoms with Crippen molar-refractivity contribution < 1.29 is 14.3 Å². The molecule has 0 spiro atoms. The maximum atomic E-state index is 13.0. The number of hydrogen-bond donors (Lipinski definition) is 1. The summed E-state index contributed by atoms with van der Waals surface area (Å²) in [6.45, 7) is 1.91. The van der Waals surface area contributed by atoms with E-state index in [0.717, 1.165) is 42.7 Å². The Hall–Kier alpha value is -2.83. The third kappa shape index (κ3) is 5.07. The zero-order valence-corrected chi connectivity index (χ0v) is 19.5. The first-order valence-corrected chi connectivity index (χ1v) is 12.4. The van der Waals surface area contributed by atoms with E-state index >= 15 is 0 Å². The summed E-state index contributed by atoms with van der Waals surface area (Å²) in [4.78, 5) is 27.9. The van der Waals surface area contributed by atoms with Gasteiger partial charge in [-0.25, -0.2) is 0 Å². The van der Waals surface area contributed by atoms with Crippen molar-refractivity contribution in [3.05, 3.63) is 46.8 Å². The van der Waals surface area contributed by atoms with Crippen LogP contribution in [0.25, 0.3) is 0 Å². The maximum absolute atomic E-state index is 13.0. The lowest BCUT2D eigenvalue weighted by Gasteiger charge is -2.29. The zero-order valence-electron chi connectivity index (χ0n) is 19.5. The van der Waals surface area contributed by atoms with Crippen molar-refractivity contribution in [2.24, 2.45) is 5.92 Å². The number of aryl methyl sites for hydroxylation is 2. The highest BCUT2D eigenvalue weighted by molar-refractivity contribution is 5.94. The average molecular weight is 451 g/mol. The molecule has 1 N–H and O–H groups in total. The van der Waals surface area contributed by atoms with Crippen molar-refractivity contribution in [3.63, 3.8) is 0 Å². The van der Waals surface area contributed by atoms with Crippen LogP contribution in [0.5, 0.6) is 5.75 Å². The normalized spacial score (nSPS) is 18.3. The highest BCUT2D eigenvalue weighted by Crippen LogP contribution is 2.30. The molecule has 0 unspecified atom stereocenters. The van der Waals surface area contributed by atoms with Crippen molar-refractivity contribution >= 4 is 11.8 Å². The number of aromatic nitrogens is 2. The number of amides is 2. The molecule has 1 aromatic carbocycles. The monoisotopic (exact) mass is 450 g/mol. The van der Waals surface area contributed by atoms with E-state index in [4.69, 9.17) is 9.84 Å². The molecule has 1 aromatic heterocycles. The van der Waals surface area contributed by atoms with Gasteiger partial charge in [0, 0.05) is 49.8 Å². The number of carbonyl (C=O) groups excluding carboxylic acids is 2. The van der Waals surface area contributed by atoms with E-state index in [1.165, 1.54) is 31.2 Å². The smallest absolute Gasteiger partial charge is 0.272 e. The van der Waals surface area contributed by atoms with Crippen LogP contribution in [-0.2, 0) is 30.7 Å². The number of carbonyl (C=O) groups is 2. The molecular weight excluding hydrogens is 416 g/mol. The first-order valence-electron chi connectivity index (χ1n) is 12.4. The van der Waals surface area contributed by atoms with Crippen LogP contribution >= 0.6 is 0 Å². The Labute approximate surface area is 195 Å². The lowest BCUT2D eigenvalue weighted by atomic mass is 10.0. The van der Waals surface area contributed by atoms with Crippen LogP contribution in [0.1, 0.15) is 72.3 Å². The number of benzene rings is 1. The number of nitrogens with one attached hydrogen (secondary N) is 1. The largest absolute Gasteiger partial charge is 0.497 e. The van der Waals surface area contributed by atoms with Gasteiger partial charge in [0.2, 0.25) is 5.91 Å². The van der Waals surface area contributed by atoms with Gasteiger partial charge in [-0.2, -0.15) is 5.10 Å². The van der Waals surface area contributed by atoms with Gasteiger partial charge >= 0.3 is 0 Å². The van der Waals surface area contributed by atoms with E-state index in [2.05, 4.69) is 17.4 Å². The molecule has 0 bridgehead atoms. The fourth-order valence-electron chi connectivity index (χ4n) is 5.17. The van der Waals surface area contributed by atoms with Gasteiger partial charge < -0.3 is 15.0 Å². The molecule has 2 aromatic rings. The van der Waals surface area contributed by atoms with Gasteiger partial charge in [-0.1, -0.05) is 25.0 Å². The molecular formula is C26H34N4O3. The van der Waals surface area contributed by atoms with Gasteiger partial charge in [0.15, 0.2) is 5.69 Å². The molecule has 2 fully saturated rings. The summed E-state index contributed by atoms with van der Waals surface area (Å²) in [5.41, 5.74) is 3.75. The first-order chi connectivity index (χ1) is 16.1. The predicted octanol–water partition coefficient (Wildman–Crippen LogP) is 3.49. The molecule has 7 heteroatoms. The molecule has 0 saturated heterocycles. The number of ether oxygens (including phenoxy) is 1. The molecule has 2 heterocycles. The summed E-state index contributed by atoms with van der Waals surface area (Å²) >= 11 is 0. The lowest BCUT2D eigenvalue weighted by Crippen LogP contribution is -2.38. The van der Waals surface area contributed by atoms with Gasteiger partial charge in [-0.15, -0.1) is 0 Å². The molecule has 176 valence electrons. The minimum absolute atomic E-state index is 0.0953. The molecule has 0 radical (unpaired) electrons. The van der Waals surface area contributed by atoms with Crippen molar-refractivity contribution in [1.82, 2.24) is 20.0 Å². The van der Waals surface area contributed by atoms with E-state index in [9.17, 15) is 9.59 Å². The Morgan fingerprint density at radius 3 is 2.58 bits per heavy atom. The fraction of sp³-hybridized carbons (Fsp3) is 0.577. The molecule has 5 rings (SSSR count). The third-order valence-corrected chi connectivity index (χ3v) is 7.32. The summed E-state index contributed by atoms with van der Waals surface area (Å²) in [5, 5.41) is 7.85. The Morgan fingerprint density at radius 2 is 1.88 bits per heavy atom. The van der Waals surface area contributed by atoms with Gasteiger partial charge in [0.1, 0.15) is 5.75 Å². The molecule has 7 nitrogen and oxygen atoms in total. The van der Waals surface area contributed by atoms with E-state index in [1.807, 2.05) is 21.7 Å². The topological polar surface area (TPSA) is 76.5 Å². The summed E-state index contributed by atoms with van der Waals surface area (Å²) in [7, 11) is 1.67. The van der Waals surface area contributed by atoms with E-state index in [-0.39, 0.29) is 17.9 Å². The van der Waals surface area contributed by atoms with Crippen LogP contribution in [0.2, 0.25) is 0 Å². The molecule has 2 aliphatic carbocycles. The zero-order chi connectivity index (χ0) is 22.8.